The molecule has 0 bridgehead atoms. The summed E-state index contributed by atoms with van der Waals surface area (Å²) in [6, 6.07) is 7.87. The first kappa shape index (κ1) is 28.0. The molecule has 9 heteroatoms. The number of nitrogens with zero attached hydrogens (tertiary/aromatic N) is 3. The number of aliphatic imine (C=N–C) groups is 1. The maximum atomic E-state index is 13.4. The molecule has 204 valence electrons. The summed E-state index contributed by atoms with van der Waals surface area (Å²) < 4.78 is 10.4. The third-order valence-corrected chi connectivity index (χ3v) is 8.24. The highest BCUT2D eigenvalue weighted by Gasteiger charge is 2.42. The van der Waals surface area contributed by atoms with Crippen LogP contribution in [-0.4, -0.2) is 59.6 Å². The van der Waals surface area contributed by atoms with Gasteiger partial charge in [0.15, 0.2) is 5.17 Å². The van der Waals surface area contributed by atoms with Crippen molar-refractivity contribution >= 4 is 34.8 Å². The monoisotopic (exact) mass is 539 g/mol. The van der Waals surface area contributed by atoms with Gasteiger partial charge in [0.05, 0.1) is 43.4 Å². The molecule has 3 aliphatic rings. The smallest absolute Gasteiger partial charge is 0.338 e. The molecule has 0 unspecified atom stereocenters. The van der Waals surface area contributed by atoms with E-state index in [2.05, 4.69) is 38.1 Å². The number of carbonyl (C=O) groups excluding carboxylic acids is 3. The molecule has 8 nitrogen and oxygen atoms in total. The van der Waals surface area contributed by atoms with E-state index < -0.39 is 12.0 Å². The third kappa shape index (κ3) is 5.67. The normalized spacial score (nSPS) is 19.8. The Bertz CT molecular complexity index is 1160. The number of hydrogen-bond donors (Lipinski definition) is 0. The molecule has 0 aliphatic carbocycles. The zero-order chi connectivity index (χ0) is 27.4. The Morgan fingerprint density at radius 2 is 1.79 bits per heavy atom. The second kappa shape index (κ2) is 12.2. The lowest BCUT2D eigenvalue weighted by molar-refractivity contribution is -0.151. The van der Waals surface area contributed by atoms with Crippen LogP contribution < -0.4 is 0 Å². The highest BCUT2D eigenvalue weighted by molar-refractivity contribution is 8.16. The summed E-state index contributed by atoms with van der Waals surface area (Å²) in [6.45, 7) is 9.50. The summed E-state index contributed by atoms with van der Waals surface area (Å²) in [6.07, 6.45) is 1.99. The van der Waals surface area contributed by atoms with Crippen LogP contribution in [0.5, 0.6) is 0 Å². The van der Waals surface area contributed by atoms with Crippen LogP contribution in [0.25, 0.3) is 0 Å². The van der Waals surface area contributed by atoms with Crippen LogP contribution in [0.15, 0.2) is 51.6 Å². The average molecular weight is 540 g/mol. The van der Waals surface area contributed by atoms with Crippen molar-refractivity contribution in [2.75, 3.05) is 26.8 Å². The van der Waals surface area contributed by atoms with Crippen LogP contribution in [0.3, 0.4) is 0 Å². The lowest BCUT2D eigenvalue weighted by Gasteiger charge is -2.37. The number of rotatable bonds is 8. The molecule has 0 aromatic heterocycles. The second-order valence-corrected chi connectivity index (χ2v) is 10.8. The van der Waals surface area contributed by atoms with Gasteiger partial charge in [0.1, 0.15) is 0 Å². The standard InChI is InChI=1S/C29H37N3O5S/c1-6-23-25(28(35)36-5)26(20-10-8-19(9-11-20)18(3)4)32-22(17-38-29(32)30-23)16-24(33)31-14-12-21(13-15-31)27(34)37-7-2/h8-11,17-18,21,26H,6-7,12-16H2,1-5H3/t26-/m0/s1. The van der Waals surface area contributed by atoms with E-state index in [1.807, 2.05) is 22.1 Å². The van der Waals surface area contributed by atoms with Gasteiger partial charge in [-0.2, -0.15) is 0 Å². The van der Waals surface area contributed by atoms with Gasteiger partial charge in [-0.05, 0) is 48.6 Å². The lowest BCUT2D eigenvalue weighted by Crippen LogP contribution is -2.42. The van der Waals surface area contributed by atoms with Crippen molar-refractivity contribution in [3.8, 4) is 0 Å². The molecule has 0 saturated carbocycles. The number of thioether (sulfide) groups is 1. The molecule has 1 aromatic carbocycles. The van der Waals surface area contributed by atoms with Crippen molar-refractivity contribution in [2.24, 2.45) is 10.9 Å². The van der Waals surface area contributed by atoms with Crippen molar-refractivity contribution in [1.29, 1.82) is 0 Å². The van der Waals surface area contributed by atoms with Gasteiger partial charge in [-0.1, -0.05) is 56.8 Å². The van der Waals surface area contributed by atoms with Gasteiger partial charge < -0.3 is 19.3 Å². The number of amides is 1. The van der Waals surface area contributed by atoms with E-state index in [4.69, 9.17) is 14.5 Å². The average Bonchev–Trinajstić information content (AvgIpc) is 3.33. The Balaban J connectivity index is 1.59. The van der Waals surface area contributed by atoms with E-state index in [1.165, 1.54) is 24.4 Å². The molecule has 38 heavy (non-hydrogen) atoms. The van der Waals surface area contributed by atoms with Crippen LogP contribution in [-0.2, 0) is 23.9 Å². The Hall–Kier alpha value is -3.07. The topological polar surface area (TPSA) is 88.5 Å². The Labute approximate surface area is 229 Å². The number of amidine groups is 1. The van der Waals surface area contributed by atoms with Gasteiger partial charge in [0.2, 0.25) is 5.91 Å². The third-order valence-electron chi connectivity index (χ3n) is 7.35. The fourth-order valence-corrected chi connectivity index (χ4v) is 6.12. The Morgan fingerprint density at radius 3 is 2.37 bits per heavy atom. The number of ether oxygens (including phenoxy) is 2. The van der Waals surface area contributed by atoms with Gasteiger partial charge >= 0.3 is 11.9 Å². The lowest BCUT2D eigenvalue weighted by atomic mass is 9.91. The van der Waals surface area contributed by atoms with Crippen LogP contribution in [0.4, 0.5) is 0 Å². The van der Waals surface area contributed by atoms with E-state index in [0.717, 1.165) is 16.4 Å². The first-order chi connectivity index (χ1) is 18.3. The first-order valence-electron chi connectivity index (χ1n) is 13.4. The predicted octanol–water partition coefficient (Wildman–Crippen LogP) is 5.14. The molecule has 0 N–H and O–H groups in total. The molecule has 1 atom stereocenters. The number of hydrogen-bond acceptors (Lipinski definition) is 8. The molecule has 3 heterocycles. The molecule has 1 saturated heterocycles. The molecule has 3 aliphatic heterocycles. The van der Waals surface area contributed by atoms with Gasteiger partial charge in [0, 0.05) is 18.8 Å². The second-order valence-electron chi connectivity index (χ2n) is 10.0. The van der Waals surface area contributed by atoms with Gasteiger partial charge in [-0.15, -0.1) is 0 Å². The molecular formula is C29H37N3O5S. The maximum Gasteiger partial charge on any atom is 0.338 e. The van der Waals surface area contributed by atoms with Gasteiger partial charge in [0.25, 0.3) is 0 Å². The van der Waals surface area contributed by atoms with E-state index in [9.17, 15) is 14.4 Å². The predicted molar refractivity (Wildman–Crippen MR) is 148 cm³/mol. The number of methoxy groups -OCH3 is 1. The van der Waals surface area contributed by atoms with Crippen molar-refractivity contribution in [3.63, 3.8) is 0 Å². The summed E-state index contributed by atoms with van der Waals surface area (Å²) in [5.74, 6) is -0.355. The number of esters is 2. The summed E-state index contributed by atoms with van der Waals surface area (Å²) in [7, 11) is 1.39. The minimum absolute atomic E-state index is 0.000740. The van der Waals surface area contributed by atoms with E-state index >= 15 is 0 Å². The number of benzene rings is 1. The molecule has 1 amide bonds. The maximum absolute atomic E-state index is 13.4. The summed E-state index contributed by atoms with van der Waals surface area (Å²) in [5.41, 5.74) is 4.18. The zero-order valence-electron chi connectivity index (χ0n) is 22.9. The van der Waals surface area contributed by atoms with Crippen LogP contribution in [0.1, 0.15) is 76.5 Å². The fraction of sp³-hybridized carbons (Fsp3) is 0.517. The summed E-state index contributed by atoms with van der Waals surface area (Å²) in [5, 5.41) is 2.72. The largest absolute Gasteiger partial charge is 0.466 e. The molecule has 0 radical (unpaired) electrons. The number of carbonyl (C=O) groups is 3. The van der Waals surface area contributed by atoms with E-state index in [-0.39, 0.29) is 24.2 Å². The Morgan fingerprint density at radius 1 is 1.11 bits per heavy atom. The minimum Gasteiger partial charge on any atom is -0.466 e. The number of fused-ring (bicyclic) bond motifs is 1. The number of likely N-dealkylation sites (tertiary alicyclic amines) is 1. The number of allylic oxidation sites excluding steroid dienone is 1. The zero-order valence-corrected chi connectivity index (χ0v) is 23.7. The van der Waals surface area contributed by atoms with Crippen molar-refractivity contribution < 1.29 is 23.9 Å². The highest BCUT2D eigenvalue weighted by atomic mass is 32.2. The molecule has 0 spiro atoms. The summed E-state index contributed by atoms with van der Waals surface area (Å²) in [4.78, 5) is 47.2. The SMILES string of the molecule is CCOC(=O)C1CCN(C(=O)CC2=CSC3=NC(CC)=C(C(=O)OC)[C@H](c4ccc(C(C)C)cc4)N23)CC1. The molecular weight excluding hydrogens is 502 g/mol. The van der Waals surface area contributed by atoms with Gasteiger partial charge in [-0.25, -0.2) is 9.79 Å². The molecule has 1 fully saturated rings. The van der Waals surface area contributed by atoms with Crippen molar-refractivity contribution in [2.45, 2.75) is 65.3 Å². The first-order valence-corrected chi connectivity index (χ1v) is 14.3. The van der Waals surface area contributed by atoms with E-state index in [1.54, 1.807) is 6.92 Å². The minimum atomic E-state index is -0.435. The number of piperidine rings is 1. The molecule has 4 rings (SSSR count). The van der Waals surface area contributed by atoms with E-state index in [0.29, 0.717) is 56.1 Å². The summed E-state index contributed by atoms with van der Waals surface area (Å²) >= 11 is 1.48. The molecule has 1 aromatic rings. The fourth-order valence-electron chi connectivity index (χ4n) is 5.18. The van der Waals surface area contributed by atoms with Crippen LogP contribution >= 0.6 is 11.8 Å². The highest BCUT2D eigenvalue weighted by Crippen LogP contribution is 2.45. The quantitative estimate of drug-likeness (QED) is 0.423. The van der Waals surface area contributed by atoms with Crippen molar-refractivity contribution in [1.82, 2.24) is 9.80 Å². The van der Waals surface area contributed by atoms with Crippen LogP contribution in [0, 0.1) is 5.92 Å². The Kier molecular flexibility index (Phi) is 8.97. The van der Waals surface area contributed by atoms with Crippen molar-refractivity contribution in [3.05, 3.63) is 57.8 Å². The van der Waals surface area contributed by atoms with Gasteiger partial charge in [-0.3, -0.25) is 9.59 Å². The van der Waals surface area contributed by atoms with Crippen LogP contribution in [0.2, 0.25) is 0 Å².